The molecule has 1 saturated heterocycles. The van der Waals surface area contributed by atoms with Gasteiger partial charge in [0, 0.05) is 18.3 Å². The van der Waals surface area contributed by atoms with Crippen LogP contribution in [0.5, 0.6) is 0 Å². The average Bonchev–Trinajstić information content (AvgIpc) is 2.37. The number of ether oxygens (including phenoxy) is 1. The molecule has 0 radical (unpaired) electrons. The summed E-state index contributed by atoms with van der Waals surface area (Å²) in [4.78, 5) is 0. The van der Waals surface area contributed by atoms with Crippen molar-refractivity contribution in [1.29, 1.82) is 0 Å². The fourth-order valence-corrected chi connectivity index (χ4v) is 2.90. The molecule has 1 N–H and O–H groups in total. The summed E-state index contributed by atoms with van der Waals surface area (Å²) in [6.45, 7) is 4.92. The molecule has 2 rings (SSSR count). The SMILES string of the molecule is CCCC1CC(Nc2cc(Br)c(F)cc2C)CCO1. The summed E-state index contributed by atoms with van der Waals surface area (Å²) in [5, 5.41) is 3.53. The van der Waals surface area contributed by atoms with E-state index in [2.05, 4.69) is 28.2 Å². The highest BCUT2D eigenvalue weighted by Gasteiger charge is 2.22. The topological polar surface area (TPSA) is 21.3 Å². The first-order valence-corrected chi connectivity index (χ1v) is 7.73. The minimum Gasteiger partial charge on any atom is -0.382 e. The minimum absolute atomic E-state index is 0.209. The quantitative estimate of drug-likeness (QED) is 0.867. The minimum atomic E-state index is -0.209. The van der Waals surface area contributed by atoms with Gasteiger partial charge in [-0.2, -0.15) is 0 Å². The van der Waals surface area contributed by atoms with Crippen LogP contribution in [-0.2, 0) is 4.74 Å². The van der Waals surface area contributed by atoms with E-state index in [1.165, 1.54) is 0 Å². The molecule has 1 fully saturated rings. The maximum absolute atomic E-state index is 13.4. The van der Waals surface area contributed by atoms with Crippen molar-refractivity contribution in [3.05, 3.63) is 28.0 Å². The van der Waals surface area contributed by atoms with Crippen LogP contribution in [0.25, 0.3) is 0 Å². The van der Waals surface area contributed by atoms with Gasteiger partial charge in [0.25, 0.3) is 0 Å². The van der Waals surface area contributed by atoms with E-state index in [9.17, 15) is 4.39 Å². The molecule has 0 bridgehead atoms. The van der Waals surface area contributed by atoms with Crippen LogP contribution in [-0.4, -0.2) is 18.8 Å². The van der Waals surface area contributed by atoms with E-state index in [1.807, 2.05) is 13.0 Å². The van der Waals surface area contributed by atoms with Crippen LogP contribution in [0.2, 0.25) is 0 Å². The van der Waals surface area contributed by atoms with Crippen molar-refractivity contribution in [2.45, 2.75) is 51.7 Å². The first kappa shape index (κ1) is 14.8. The molecule has 1 aliphatic heterocycles. The van der Waals surface area contributed by atoms with Gasteiger partial charge in [0.05, 0.1) is 10.6 Å². The standard InChI is InChI=1S/C15H21BrFNO/c1-3-4-12-8-11(5-6-19-12)18-15-9-13(16)14(17)7-10(15)2/h7,9,11-12,18H,3-6,8H2,1-2H3. The van der Waals surface area contributed by atoms with E-state index in [0.29, 0.717) is 16.6 Å². The van der Waals surface area contributed by atoms with Gasteiger partial charge in [-0.1, -0.05) is 13.3 Å². The van der Waals surface area contributed by atoms with Crippen LogP contribution in [0.15, 0.2) is 16.6 Å². The molecule has 0 spiro atoms. The molecule has 106 valence electrons. The molecule has 0 amide bonds. The summed E-state index contributed by atoms with van der Waals surface area (Å²) >= 11 is 3.24. The Morgan fingerprint density at radius 2 is 2.26 bits per heavy atom. The Balaban J connectivity index is 2.02. The molecule has 2 unspecified atom stereocenters. The summed E-state index contributed by atoms with van der Waals surface area (Å²) in [6.07, 6.45) is 4.67. The van der Waals surface area contributed by atoms with Crippen molar-refractivity contribution in [2.24, 2.45) is 0 Å². The van der Waals surface area contributed by atoms with E-state index in [4.69, 9.17) is 4.74 Å². The first-order valence-electron chi connectivity index (χ1n) is 6.94. The smallest absolute Gasteiger partial charge is 0.137 e. The Morgan fingerprint density at radius 3 is 3.00 bits per heavy atom. The third kappa shape index (κ3) is 3.93. The summed E-state index contributed by atoms with van der Waals surface area (Å²) in [6, 6.07) is 3.81. The predicted octanol–water partition coefficient (Wildman–Crippen LogP) is 4.66. The van der Waals surface area contributed by atoms with Crippen LogP contribution in [0, 0.1) is 12.7 Å². The zero-order valence-electron chi connectivity index (χ0n) is 11.5. The Hall–Kier alpha value is -0.610. The van der Waals surface area contributed by atoms with Crippen LogP contribution in [0.1, 0.15) is 38.2 Å². The van der Waals surface area contributed by atoms with E-state index in [-0.39, 0.29) is 5.82 Å². The van der Waals surface area contributed by atoms with E-state index in [1.54, 1.807) is 6.07 Å². The molecular formula is C15H21BrFNO. The number of hydrogen-bond donors (Lipinski definition) is 1. The van der Waals surface area contributed by atoms with Crippen molar-refractivity contribution in [2.75, 3.05) is 11.9 Å². The number of aryl methyl sites for hydroxylation is 1. The van der Waals surface area contributed by atoms with Gasteiger partial charge in [0.1, 0.15) is 5.82 Å². The van der Waals surface area contributed by atoms with Gasteiger partial charge in [-0.3, -0.25) is 0 Å². The van der Waals surface area contributed by atoms with Gasteiger partial charge >= 0.3 is 0 Å². The van der Waals surface area contributed by atoms with Gasteiger partial charge in [-0.25, -0.2) is 4.39 Å². The number of benzene rings is 1. The van der Waals surface area contributed by atoms with Crippen molar-refractivity contribution in [3.8, 4) is 0 Å². The Bertz CT molecular complexity index is 436. The first-order chi connectivity index (χ1) is 9.10. The fraction of sp³-hybridized carbons (Fsp3) is 0.600. The van der Waals surface area contributed by atoms with Crippen molar-refractivity contribution < 1.29 is 9.13 Å². The Morgan fingerprint density at radius 1 is 1.47 bits per heavy atom. The molecule has 0 aromatic heterocycles. The lowest BCUT2D eigenvalue weighted by Gasteiger charge is -2.31. The van der Waals surface area contributed by atoms with Crippen molar-refractivity contribution in [1.82, 2.24) is 0 Å². The number of rotatable bonds is 4. The summed E-state index contributed by atoms with van der Waals surface area (Å²) in [5.74, 6) is -0.209. The summed E-state index contributed by atoms with van der Waals surface area (Å²) < 4.78 is 19.7. The van der Waals surface area contributed by atoms with Crippen molar-refractivity contribution >= 4 is 21.6 Å². The second-order valence-corrected chi connectivity index (χ2v) is 6.08. The van der Waals surface area contributed by atoms with E-state index < -0.39 is 0 Å². The second-order valence-electron chi connectivity index (χ2n) is 5.23. The molecule has 4 heteroatoms. The zero-order chi connectivity index (χ0) is 13.8. The number of hydrogen-bond acceptors (Lipinski definition) is 2. The number of halogens is 2. The van der Waals surface area contributed by atoms with Crippen LogP contribution >= 0.6 is 15.9 Å². The molecule has 1 aromatic carbocycles. The monoisotopic (exact) mass is 329 g/mol. The maximum atomic E-state index is 13.4. The van der Waals surface area contributed by atoms with Crippen molar-refractivity contribution in [3.63, 3.8) is 0 Å². The summed E-state index contributed by atoms with van der Waals surface area (Å²) in [7, 11) is 0. The fourth-order valence-electron chi connectivity index (χ4n) is 2.56. The molecule has 0 aliphatic carbocycles. The van der Waals surface area contributed by atoms with Crippen LogP contribution < -0.4 is 5.32 Å². The highest BCUT2D eigenvalue weighted by atomic mass is 79.9. The van der Waals surface area contributed by atoms with Gasteiger partial charge in [-0.15, -0.1) is 0 Å². The largest absolute Gasteiger partial charge is 0.382 e. The van der Waals surface area contributed by atoms with Gasteiger partial charge in [-0.05, 0) is 59.8 Å². The Labute approximate surface area is 122 Å². The van der Waals surface area contributed by atoms with Gasteiger partial charge < -0.3 is 10.1 Å². The lowest BCUT2D eigenvalue weighted by molar-refractivity contribution is 0.00597. The second kappa shape index (κ2) is 6.71. The molecule has 2 atom stereocenters. The lowest BCUT2D eigenvalue weighted by atomic mass is 9.99. The highest BCUT2D eigenvalue weighted by Crippen LogP contribution is 2.27. The molecule has 2 nitrogen and oxygen atoms in total. The third-order valence-corrected chi connectivity index (χ3v) is 4.21. The number of anilines is 1. The zero-order valence-corrected chi connectivity index (χ0v) is 13.1. The predicted molar refractivity (Wildman–Crippen MR) is 80.1 cm³/mol. The average molecular weight is 330 g/mol. The molecule has 19 heavy (non-hydrogen) atoms. The van der Waals surface area contributed by atoms with Crippen LogP contribution in [0.4, 0.5) is 10.1 Å². The summed E-state index contributed by atoms with van der Waals surface area (Å²) in [5.41, 5.74) is 1.95. The molecule has 1 aromatic rings. The molecule has 0 saturated carbocycles. The normalized spacial score (nSPS) is 23.4. The molecule has 1 aliphatic rings. The van der Waals surface area contributed by atoms with Gasteiger partial charge in [0.2, 0.25) is 0 Å². The Kier molecular flexibility index (Phi) is 5.22. The number of nitrogens with one attached hydrogen (secondary N) is 1. The maximum Gasteiger partial charge on any atom is 0.137 e. The lowest BCUT2D eigenvalue weighted by Crippen LogP contribution is -2.34. The van der Waals surface area contributed by atoms with E-state index >= 15 is 0 Å². The van der Waals surface area contributed by atoms with Gasteiger partial charge in [0.15, 0.2) is 0 Å². The van der Waals surface area contributed by atoms with E-state index in [0.717, 1.165) is 43.5 Å². The third-order valence-electron chi connectivity index (χ3n) is 3.60. The highest BCUT2D eigenvalue weighted by molar-refractivity contribution is 9.10. The van der Waals surface area contributed by atoms with Crippen LogP contribution in [0.3, 0.4) is 0 Å². The molecule has 1 heterocycles. The molecular weight excluding hydrogens is 309 g/mol.